The van der Waals surface area contributed by atoms with E-state index in [1.54, 1.807) is 0 Å². The predicted molar refractivity (Wildman–Crippen MR) is 109 cm³/mol. The van der Waals surface area contributed by atoms with Crippen LogP contribution in [0, 0.1) is 6.92 Å². The fourth-order valence-electron chi connectivity index (χ4n) is 4.84. The van der Waals surface area contributed by atoms with E-state index in [4.69, 9.17) is 4.74 Å². The molecule has 1 unspecified atom stereocenters. The Morgan fingerprint density at radius 2 is 1.73 bits per heavy atom. The zero-order valence-corrected chi connectivity index (χ0v) is 15.7. The third kappa shape index (κ3) is 1.72. The van der Waals surface area contributed by atoms with Crippen LogP contribution in [-0.4, -0.2) is 12.8 Å². The summed E-state index contributed by atoms with van der Waals surface area (Å²) in [5.41, 5.74) is 4.40. The highest BCUT2D eigenvalue weighted by Crippen LogP contribution is 2.55. The van der Waals surface area contributed by atoms with Crippen molar-refractivity contribution in [3.05, 3.63) is 77.4 Å². The molecule has 5 rings (SSSR count). The smallest absolute Gasteiger partial charge is 0.211 e. The fourth-order valence-corrected chi connectivity index (χ4v) is 4.84. The van der Waals surface area contributed by atoms with Gasteiger partial charge in [-0.3, -0.25) is 0 Å². The van der Waals surface area contributed by atoms with Gasteiger partial charge < -0.3 is 9.64 Å². The van der Waals surface area contributed by atoms with Crippen LogP contribution in [0.3, 0.4) is 0 Å². The molecule has 0 bridgehead atoms. The third-order valence-electron chi connectivity index (χ3n) is 6.31. The Morgan fingerprint density at radius 1 is 0.923 bits per heavy atom. The minimum absolute atomic E-state index is 0.164. The molecule has 2 heteroatoms. The van der Waals surface area contributed by atoms with Crippen LogP contribution in [-0.2, 0) is 5.41 Å². The van der Waals surface area contributed by atoms with Crippen LogP contribution < -0.4 is 9.64 Å². The lowest BCUT2D eigenvalue weighted by Crippen LogP contribution is -2.58. The van der Waals surface area contributed by atoms with Crippen molar-refractivity contribution in [2.45, 2.75) is 31.9 Å². The lowest BCUT2D eigenvalue weighted by molar-refractivity contribution is 0.0583. The number of nitrogens with zero attached hydrogens (tertiary/aromatic N) is 1. The van der Waals surface area contributed by atoms with E-state index in [1.165, 1.54) is 33.2 Å². The SMILES string of the molecule is Cc1cccc2c1N(C)C1(C=Cc3c(ccc4ccccc34)O1)C2(C)C. The van der Waals surface area contributed by atoms with Crippen molar-refractivity contribution in [2.75, 3.05) is 11.9 Å². The Morgan fingerprint density at radius 3 is 2.54 bits per heavy atom. The number of fused-ring (bicyclic) bond motifs is 4. The second-order valence-electron chi connectivity index (χ2n) is 7.99. The molecule has 0 aromatic heterocycles. The van der Waals surface area contributed by atoms with Gasteiger partial charge in [0.15, 0.2) is 0 Å². The molecule has 26 heavy (non-hydrogen) atoms. The summed E-state index contributed by atoms with van der Waals surface area (Å²) in [5, 5.41) is 2.48. The largest absolute Gasteiger partial charge is 0.463 e. The van der Waals surface area contributed by atoms with Crippen LogP contribution in [0.1, 0.15) is 30.5 Å². The first-order valence-electron chi connectivity index (χ1n) is 9.20. The predicted octanol–water partition coefficient (Wildman–Crippen LogP) is 5.68. The van der Waals surface area contributed by atoms with Gasteiger partial charge in [-0.05, 0) is 60.9 Å². The van der Waals surface area contributed by atoms with Crippen molar-refractivity contribution < 1.29 is 4.74 Å². The number of ether oxygens (including phenoxy) is 1. The number of likely N-dealkylation sites (N-methyl/N-ethyl adjacent to an activating group) is 1. The highest BCUT2D eigenvalue weighted by Gasteiger charge is 2.58. The van der Waals surface area contributed by atoms with Crippen molar-refractivity contribution in [1.29, 1.82) is 0 Å². The summed E-state index contributed by atoms with van der Waals surface area (Å²) in [5.74, 6) is 0.955. The molecule has 2 nitrogen and oxygen atoms in total. The van der Waals surface area contributed by atoms with Crippen molar-refractivity contribution in [3.63, 3.8) is 0 Å². The molecule has 0 aliphatic carbocycles. The van der Waals surface area contributed by atoms with Crippen LogP contribution in [0.15, 0.2) is 60.7 Å². The van der Waals surface area contributed by atoms with Crippen LogP contribution in [0.2, 0.25) is 0 Å². The average molecular weight is 341 g/mol. The van der Waals surface area contributed by atoms with Crippen molar-refractivity contribution in [1.82, 2.24) is 0 Å². The van der Waals surface area contributed by atoms with E-state index < -0.39 is 5.72 Å². The van der Waals surface area contributed by atoms with Gasteiger partial charge in [0, 0.05) is 18.3 Å². The summed E-state index contributed by atoms with van der Waals surface area (Å²) in [6.07, 6.45) is 4.50. The minimum atomic E-state index is -0.517. The summed E-state index contributed by atoms with van der Waals surface area (Å²) in [6.45, 7) is 6.74. The molecule has 0 fully saturated rings. The summed E-state index contributed by atoms with van der Waals surface area (Å²) >= 11 is 0. The second-order valence-corrected chi connectivity index (χ2v) is 7.99. The number of hydrogen-bond donors (Lipinski definition) is 0. The molecule has 3 aromatic rings. The normalized spacial score (nSPS) is 22.4. The van der Waals surface area contributed by atoms with E-state index in [0.717, 1.165) is 5.75 Å². The molecule has 0 amide bonds. The number of aryl methyl sites for hydroxylation is 1. The quantitative estimate of drug-likeness (QED) is 0.522. The van der Waals surface area contributed by atoms with Crippen LogP contribution in [0.5, 0.6) is 5.75 Å². The molecule has 130 valence electrons. The monoisotopic (exact) mass is 341 g/mol. The summed E-state index contributed by atoms with van der Waals surface area (Å²) in [4.78, 5) is 2.31. The fraction of sp³-hybridized carbons (Fsp3) is 0.250. The molecule has 0 saturated carbocycles. The first kappa shape index (κ1) is 15.5. The van der Waals surface area contributed by atoms with Gasteiger partial charge >= 0.3 is 0 Å². The zero-order valence-electron chi connectivity index (χ0n) is 15.7. The maximum absolute atomic E-state index is 6.79. The van der Waals surface area contributed by atoms with Crippen molar-refractivity contribution in [2.24, 2.45) is 0 Å². The molecule has 0 radical (unpaired) electrons. The first-order chi connectivity index (χ1) is 12.5. The molecular formula is C24H23NO. The first-order valence-corrected chi connectivity index (χ1v) is 9.20. The number of anilines is 1. The maximum atomic E-state index is 6.79. The Balaban J connectivity index is 1.73. The lowest BCUT2D eigenvalue weighted by atomic mass is 9.76. The van der Waals surface area contributed by atoms with Gasteiger partial charge in [-0.2, -0.15) is 0 Å². The van der Waals surface area contributed by atoms with Crippen molar-refractivity contribution in [3.8, 4) is 5.75 Å². The Hall–Kier alpha value is -2.74. The lowest BCUT2D eigenvalue weighted by Gasteiger charge is -2.46. The molecule has 2 aliphatic heterocycles. The molecule has 0 N–H and O–H groups in total. The zero-order chi connectivity index (χ0) is 18.1. The van der Waals surface area contributed by atoms with Crippen LogP contribution in [0.25, 0.3) is 16.8 Å². The standard InChI is InChI=1S/C24H23NO/c1-16-8-7-11-20-22(16)25(4)24(23(20,2)3)15-14-19-18-10-6-5-9-17(18)12-13-21(19)26-24/h5-15H,1-4H3. The van der Waals surface area contributed by atoms with Crippen molar-refractivity contribution >= 4 is 22.5 Å². The number of para-hydroxylation sites is 1. The number of benzene rings is 3. The topological polar surface area (TPSA) is 12.5 Å². The van der Waals surface area contributed by atoms with Gasteiger partial charge in [0.2, 0.25) is 5.72 Å². The highest BCUT2D eigenvalue weighted by atomic mass is 16.5. The number of rotatable bonds is 0. The van der Waals surface area contributed by atoms with Crippen LogP contribution in [0.4, 0.5) is 5.69 Å². The maximum Gasteiger partial charge on any atom is 0.211 e. The molecule has 1 spiro atoms. The Bertz CT molecular complexity index is 1080. The van der Waals surface area contributed by atoms with Gasteiger partial charge in [-0.15, -0.1) is 0 Å². The van der Waals surface area contributed by atoms with E-state index in [9.17, 15) is 0 Å². The van der Waals surface area contributed by atoms with Gasteiger partial charge in [0.05, 0.1) is 5.41 Å². The van der Waals surface area contributed by atoms with E-state index in [0.29, 0.717) is 0 Å². The third-order valence-corrected chi connectivity index (χ3v) is 6.31. The molecule has 1 atom stereocenters. The second kappa shape index (κ2) is 4.91. The Labute approximate surface area is 154 Å². The summed E-state index contributed by atoms with van der Waals surface area (Å²) < 4.78 is 6.79. The average Bonchev–Trinajstić information content (AvgIpc) is 2.81. The summed E-state index contributed by atoms with van der Waals surface area (Å²) in [7, 11) is 2.15. The van der Waals surface area contributed by atoms with Crippen LogP contribution >= 0.6 is 0 Å². The molecule has 2 heterocycles. The van der Waals surface area contributed by atoms with E-state index in [-0.39, 0.29) is 5.41 Å². The molecule has 2 aliphatic rings. The van der Waals surface area contributed by atoms with Gasteiger partial charge in [0.25, 0.3) is 0 Å². The highest BCUT2D eigenvalue weighted by molar-refractivity contribution is 5.94. The molecule has 3 aromatic carbocycles. The van der Waals surface area contributed by atoms with Gasteiger partial charge in [-0.25, -0.2) is 0 Å². The van der Waals surface area contributed by atoms with E-state index >= 15 is 0 Å². The number of hydrogen-bond acceptors (Lipinski definition) is 2. The molecule has 0 saturated heterocycles. The summed E-state index contributed by atoms with van der Waals surface area (Å²) in [6, 6.07) is 19.3. The van der Waals surface area contributed by atoms with Gasteiger partial charge in [0.1, 0.15) is 5.75 Å². The Kier molecular flexibility index (Phi) is 2.93. The van der Waals surface area contributed by atoms with E-state index in [1.807, 2.05) is 0 Å². The molecular weight excluding hydrogens is 318 g/mol. The van der Waals surface area contributed by atoms with Gasteiger partial charge in [-0.1, -0.05) is 48.5 Å². The van der Waals surface area contributed by atoms with E-state index in [2.05, 4.69) is 99.5 Å². The minimum Gasteiger partial charge on any atom is -0.463 e.